The van der Waals surface area contributed by atoms with Gasteiger partial charge in [0.15, 0.2) is 0 Å². The molecule has 4 nitrogen and oxygen atoms in total. The van der Waals surface area contributed by atoms with Crippen LogP contribution in [0.15, 0.2) is 54.6 Å². The number of carbonyl (C=O) groups excluding carboxylic acids is 1. The van der Waals surface area contributed by atoms with Crippen LogP contribution in [0.3, 0.4) is 0 Å². The Morgan fingerprint density at radius 1 is 1.11 bits per heavy atom. The average molecular weight is 367 g/mol. The highest BCUT2D eigenvalue weighted by Gasteiger charge is 2.25. The van der Waals surface area contributed by atoms with Crippen LogP contribution < -0.4 is 10.1 Å². The normalized spacial score (nSPS) is 16.7. The zero-order chi connectivity index (χ0) is 19.1. The fourth-order valence-corrected chi connectivity index (χ4v) is 3.73. The van der Waals surface area contributed by atoms with Crippen molar-refractivity contribution in [3.63, 3.8) is 0 Å². The molecule has 0 radical (unpaired) electrons. The summed E-state index contributed by atoms with van der Waals surface area (Å²) in [4.78, 5) is 15.0. The van der Waals surface area contributed by atoms with Crippen molar-refractivity contribution in [2.45, 2.75) is 32.2 Å². The van der Waals surface area contributed by atoms with Crippen LogP contribution in [0.1, 0.15) is 36.8 Å². The monoisotopic (exact) mass is 366 g/mol. The van der Waals surface area contributed by atoms with Gasteiger partial charge in [0.1, 0.15) is 5.75 Å². The van der Waals surface area contributed by atoms with Gasteiger partial charge in [0.05, 0.1) is 7.11 Å². The Kier molecular flexibility index (Phi) is 6.88. The van der Waals surface area contributed by atoms with Crippen LogP contribution in [-0.4, -0.2) is 37.6 Å². The van der Waals surface area contributed by atoms with E-state index < -0.39 is 0 Å². The number of methoxy groups -OCH3 is 1. The molecule has 1 N–H and O–H groups in total. The molecule has 0 unspecified atom stereocenters. The minimum absolute atomic E-state index is 0.131. The largest absolute Gasteiger partial charge is 0.497 e. The number of benzene rings is 2. The molecule has 1 atom stereocenters. The van der Waals surface area contributed by atoms with Crippen LogP contribution in [0.25, 0.3) is 0 Å². The number of hydrogen-bond acceptors (Lipinski definition) is 3. The molecule has 0 saturated carbocycles. The Balaban J connectivity index is 1.41. The molecule has 0 bridgehead atoms. The second kappa shape index (κ2) is 9.56. The minimum atomic E-state index is 0.131. The van der Waals surface area contributed by atoms with Crippen molar-refractivity contribution in [2.24, 2.45) is 5.92 Å². The van der Waals surface area contributed by atoms with Crippen molar-refractivity contribution in [3.8, 4) is 5.75 Å². The molecule has 1 aliphatic heterocycles. The summed E-state index contributed by atoms with van der Waals surface area (Å²) in [7, 11) is 1.66. The van der Waals surface area contributed by atoms with E-state index in [1.807, 2.05) is 24.3 Å². The molecule has 144 valence electrons. The summed E-state index contributed by atoms with van der Waals surface area (Å²) in [5.41, 5.74) is 2.48. The SMILES string of the molecule is COc1ccc(CNC(=O)C2CCN(C[C@H](C)c3ccccc3)CC2)cc1. The van der Waals surface area contributed by atoms with E-state index in [0.717, 1.165) is 43.8 Å². The first-order valence-electron chi connectivity index (χ1n) is 9.83. The highest BCUT2D eigenvalue weighted by atomic mass is 16.5. The van der Waals surface area contributed by atoms with Crippen LogP contribution in [0.2, 0.25) is 0 Å². The van der Waals surface area contributed by atoms with Gasteiger partial charge < -0.3 is 15.0 Å². The number of nitrogens with one attached hydrogen (secondary N) is 1. The Hall–Kier alpha value is -2.33. The van der Waals surface area contributed by atoms with Crippen LogP contribution in [-0.2, 0) is 11.3 Å². The van der Waals surface area contributed by atoms with Gasteiger partial charge in [-0.15, -0.1) is 0 Å². The van der Waals surface area contributed by atoms with Crippen molar-refractivity contribution in [1.29, 1.82) is 0 Å². The second-order valence-electron chi connectivity index (χ2n) is 7.45. The highest BCUT2D eigenvalue weighted by molar-refractivity contribution is 5.78. The highest BCUT2D eigenvalue weighted by Crippen LogP contribution is 2.22. The fourth-order valence-electron chi connectivity index (χ4n) is 3.73. The van der Waals surface area contributed by atoms with E-state index in [4.69, 9.17) is 4.74 Å². The van der Waals surface area contributed by atoms with Crippen molar-refractivity contribution >= 4 is 5.91 Å². The lowest BCUT2D eigenvalue weighted by Crippen LogP contribution is -2.41. The minimum Gasteiger partial charge on any atom is -0.497 e. The van der Waals surface area contributed by atoms with Gasteiger partial charge in [-0.2, -0.15) is 0 Å². The molecule has 27 heavy (non-hydrogen) atoms. The molecule has 0 aromatic heterocycles. The summed E-state index contributed by atoms with van der Waals surface area (Å²) in [6.07, 6.45) is 1.88. The molecule has 1 amide bonds. The van der Waals surface area contributed by atoms with Crippen molar-refractivity contribution in [1.82, 2.24) is 10.2 Å². The smallest absolute Gasteiger partial charge is 0.223 e. The fraction of sp³-hybridized carbons (Fsp3) is 0.435. The number of nitrogens with zero attached hydrogens (tertiary/aromatic N) is 1. The first-order valence-corrected chi connectivity index (χ1v) is 9.83. The van der Waals surface area contributed by atoms with Crippen LogP contribution in [0.5, 0.6) is 5.75 Å². The Morgan fingerprint density at radius 3 is 2.41 bits per heavy atom. The molecule has 0 spiro atoms. The summed E-state index contributed by atoms with van der Waals surface area (Å²) in [6.45, 7) is 5.91. The number of amides is 1. The standard InChI is InChI=1S/C23H30N2O2/c1-18(20-6-4-3-5-7-20)17-25-14-12-21(13-15-25)23(26)24-16-19-8-10-22(27-2)11-9-19/h3-11,18,21H,12-17H2,1-2H3,(H,24,26)/t18-/m0/s1. The summed E-state index contributed by atoms with van der Waals surface area (Å²) in [5, 5.41) is 3.09. The zero-order valence-corrected chi connectivity index (χ0v) is 16.4. The number of hydrogen-bond donors (Lipinski definition) is 1. The van der Waals surface area contributed by atoms with Crippen molar-refractivity contribution < 1.29 is 9.53 Å². The third-order valence-corrected chi connectivity index (χ3v) is 5.48. The van der Waals surface area contributed by atoms with E-state index in [-0.39, 0.29) is 11.8 Å². The van der Waals surface area contributed by atoms with Gasteiger partial charge in [-0.05, 0) is 55.1 Å². The summed E-state index contributed by atoms with van der Waals surface area (Å²) in [5.74, 6) is 1.67. The topological polar surface area (TPSA) is 41.6 Å². The second-order valence-corrected chi connectivity index (χ2v) is 7.45. The maximum Gasteiger partial charge on any atom is 0.223 e. The maximum atomic E-state index is 12.5. The Bertz CT molecular complexity index is 707. The maximum absolute atomic E-state index is 12.5. The van der Waals surface area contributed by atoms with E-state index in [2.05, 4.69) is 47.5 Å². The number of piperidine rings is 1. The van der Waals surface area contributed by atoms with Gasteiger partial charge in [0.2, 0.25) is 5.91 Å². The van der Waals surface area contributed by atoms with Crippen molar-refractivity contribution in [3.05, 3.63) is 65.7 Å². The molecule has 1 saturated heterocycles. The third-order valence-electron chi connectivity index (χ3n) is 5.48. The molecule has 2 aromatic carbocycles. The molecule has 0 aliphatic carbocycles. The molecule has 1 fully saturated rings. The first kappa shape index (κ1) is 19.4. The summed E-state index contributed by atoms with van der Waals surface area (Å²) >= 11 is 0. The molecule has 1 heterocycles. The number of rotatable bonds is 7. The third kappa shape index (κ3) is 5.57. The predicted molar refractivity (Wildman–Crippen MR) is 109 cm³/mol. The average Bonchev–Trinajstić information content (AvgIpc) is 2.73. The quantitative estimate of drug-likeness (QED) is 0.810. The summed E-state index contributed by atoms with van der Waals surface area (Å²) < 4.78 is 5.16. The first-order chi connectivity index (χ1) is 13.2. The molecule has 4 heteroatoms. The van der Waals surface area contributed by atoms with E-state index >= 15 is 0 Å². The van der Waals surface area contributed by atoms with Gasteiger partial charge >= 0.3 is 0 Å². The predicted octanol–water partition coefficient (Wildman–Crippen LogP) is 3.83. The molecule has 1 aliphatic rings. The molecule has 2 aromatic rings. The number of carbonyl (C=O) groups is 1. The van der Waals surface area contributed by atoms with E-state index in [1.165, 1.54) is 5.56 Å². The zero-order valence-electron chi connectivity index (χ0n) is 16.4. The molecule has 3 rings (SSSR count). The van der Waals surface area contributed by atoms with Crippen LogP contribution in [0, 0.1) is 5.92 Å². The van der Waals surface area contributed by atoms with Gasteiger partial charge in [0, 0.05) is 19.0 Å². The molecular weight excluding hydrogens is 336 g/mol. The lowest BCUT2D eigenvalue weighted by Gasteiger charge is -2.33. The van der Waals surface area contributed by atoms with Gasteiger partial charge in [0.25, 0.3) is 0 Å². The van der Waals surface area contributed by atoms with E-state index in [9.17, 15) is 4.79 Å². The van der Waals surface area contributed by atoms with E-state index in [1.54, 1.807) is 7.11 Å². The van der Waals surface area contributed by atoms with Crippen LogP contribution in [0.4, 0.5) is 0 Å². The van der Waals surface area contributed by atoms with Gasteiger partial charge in [-0.25, -0.2) is 0 Å². The van der Waals surface area contributed by atoms with Crippen LogP contribution >= 0.6 is 0 Å². The summed E-state index contributed by atoms with van der Waals surface area (Å²) in [6, 6.07) is 18.5. The number of ether oxygens (including phenoxy) is 1. The van der Waals surface area contributed by atoms with Crippen molar-refractivity contribution in [2.75, 3.05) is 26.7 Å². The molecular formula is C23H30N2O2. The Labute approximate surface area is 162 Å². The lowest BCUT2D eigenvalue weighted by atomic mass is 9.94. The number of likely N-dealkylation sites (tertiary alicyclic amines) is 1. The Morgan fingerprint density at radius 2 is 1.78 bits per heavy atom. The lowest BCUT2D eigenvalue weighted by molar-refractivity contribution is -0.126. The van der Waals surface area contributed by atoms with Gasteiger partial charge in [-0.1, -0.05) is 49.4 Å². The van der Waals surface area contributed by atoms with Gasteiger partial charge in [-0.3, -0.25) is 4.79 Å². The van der Waals surface area contributed by atoms with E-state index in [0.29, 0.717) is 12.5 Å².